The maximum absolute atomic E-state index is 12.2. The van der Waals surface area contributed by atoms with Crippen molar-refractivity contribution < 1.29 is 0 Å². The number of rotatable bonds is 1. The summed E-state index contributed by atoms with van der Waals surface area (Å²) in [6.45, 7) is 7.16. The van der Waals surface area contributed by atoms with E-state index in [4.69, 9.17) is 0 Å². The van der Waals surface area contributed by atoms with Gasteiger partial charge in [-0.2, -0.15) is 0 Å². The fourth-order valence-corrected chi connectivity index (χ4v) is 3.49. The highest BCUT2D eigenvalue weighted by atomic mass is 16.1. The van der Waals surface area contributed by atoms with E-state index in [1.165, 1.54) is 6.07 Å². The van der Waals surface area contributed by atoms with Crippen molar-refractivity contribution in [1.82, 2.24) is 19.7 Å². The van der Waals surface area contributed by atoms with Crippen LogP contribution in [0.4, 0.5) is 0 Å². The van der Waals surface area contributed by atoms with Crippen LogP contribution in [0.15, 0.2) is 15.7 Å². The fourth-order valence-electron chi connectivity index (χ4n) is 3.49. The van der Waals surface area contributed by atoms with Crippen molar-refractivity contribution in [2.45, 2.75) is 39.3 Å². The topological polar surface area (TPSA) is 73.9 Å². The molecule has 114 valence electrons. The Hall–Kier alpha value is -1.82. The van der Waals surface area contributed by atoms with Gasteiger partial charge in [-0.3, -0.25) is 19.4 Å². The summed E-state index contributed by atoms with van der Waals surface area (Å²) in [5, 5.41) is 3.52. The molecule has 0 aliphatic carbocycles. The van der Waals surface area contributed by atoms with Crippen molar-refractivity contribution in [2.24, 2.45) is 5.92 Å². The molecule has 1 aliphatic heterocycles. The number of fused-ring (bicyclic) bond motifs is 1. The van der Waals surface area contributed by atoms with Crippen molar-refractivity contribution in [3.63, 3.8) is 0 Å². The van der Waals surface area contributed by atoms with Crippen molar-refractivity contribution in [1.29, 1.82) is 0 Å². The van der Waals surface area contributed by atoms with Gasteiger partial charge in [-0.1, -0.05) is 6.92 Å². The third-order valence-electron chi connectivity index (χ3n) is 4.81. The molecule has 0 aromatic carbocycles. The summed E-state index contributed by atoms with van der Waals surface area (Å²) in [6.07, 6.45) is 0.952. The summed E-state index contributed by atoms with van der Waals surface area (Å²) in [5.41, 5.74) is 1.06. The van der Waals surface area contributed by atoms with E-state index in [2.05, 4.69) is 35.9 Å². The smallest absolute Gasteiger partial charge is 0.273 e. The minimum absolute atomic E-state index is 0.127. The molecule has 2 N–H and O–H groups in total. The van der Waals surface area contributed by atoms with Crippen molar-refractivity contribution in [3.8, 4) is 0 Å². The van der Waals surface area contributed by atoms with Crippen LogP contribution in [0, 0.1) is 12.8 Å². The molecular weight excluding hydrogens is 268 g/mol. The molecule has 21 heavy (non-hydrogen) atoms. The summed E-state index contributed by atoms with van der Waals surface area (Å²) in [6, 6.07) is 2.12. The second kappa shape index (κ2) is 4.87. The maximum Gasteiger partial charge on any atom is 0.273 e. The third-order valence-corrected chi connectivity index (χ3v) is 4.81. The number of aromatic nitrogens is 3. The maximum atomic E-state index is 12.2. The van der Waals surface area contributed by atoms with Crippen molar-refractivity contribution in [3.05, 3.63) is 32.3 Å². The Kier molecular flexibility index (Phi) is 3.28. The van der Waals surface area contributed by atoms with Crippen LogP contribution in [0.1, 0.15) is 31.9 Å². The van der Waals surface area contributed by atoms with Crippen LogP contribution < -0.4 is 11.1 Å². The average Bonchev–Trinajstić information content (AvgIpc) is 2.71. The van der Waals surface area contributed by atoms with E-state index in [1.54, 1.807) is 6.92 Å². The zero-order chi connectivity index (χ0) is 15.3. The Labute approximate surface area is 122 Å². The molecule has 3 rings (SSSR count). The first-order valence-electron chi connectivity index (χ1n) is 7.43. The lowest BCUT2D eigenvalue weighted by Crippen LogP contribution is -2.43. The summed E-state index contributed by atoms with van der Waals surface area (Å²) < 4.78 is 1.88. The van der Waals surface area contributed by atoms with Gasteiger partial charge in [0.05, 0.1) is 11.4 Å². The van der Waals surface area contributed by atoms with Gasteiger partial charge in [0.1, 0.15) is 5.65 Å². The lowest BCUT2D eigenvalue weighted by Gasteiger charge is -2.40. The van der Waals surface area contributed by atoms with Crippen molar-refractivity contribution >= 4 is 11.0 Å². The van der Waals surface area contributed by atoms with Crippen LogP contribution in [-0.4, -0.2) is 39.3 Å². The molecule has 6 nitrogen and oxygen atoms in total. The van der Waals surface area contributed by atoms with Crippen LogP contribution in [0.5, 0.6) is 0 Å². The van der Waals surface area contributed by atoms with Crippen LogP contribution in [0.25, 0.3) is 11.0 Å². The van der Waals surface area contributed by atoms with Crippen LogP contribution in [-0.2, 0) is 0 Å². The number of piperidine rings is 1. The number of likely N-dealkylation sites (tertiary alicyclic amines) is 1. The molecule has 0 saturated carbocycles. The first-order chi connectivity index (χ1) is 9.88. The predicted octanol–water partition coefficient (Wildman–Crippen LogP) is 1.23. The number of aromatic amines is 2. The van der Waals surface area contributed by atoms with Gasteiger partial charge in [0, 0.05) is 18.7 Å². The van der Waals surface area contributed by atoms with Crippen LogP contribution in [0.3, 0.4) is 0 Å². The normalized spacial score (nSPS) is 27.3. The Balaban J connectivity index is 2.17. The SMILES string of the molecule is Cc1cc(=O)[nH]c2c1c(=O)[nH]n2[C@@H]1C[C@H](C)N(C)C[C@H]1C. The molecule has 2 aromatic rings. The highest BCUT2D eigenvalue weighted by molar-refractivity contribution is 5.78. The monoisotopic (exact) mass is 290 g/mol. The van der Waals surface area contributed by atoms with E-state index in [9.17, 15) is 9.59 Å². The lowest BCUT2D eigenvalue weighted by molar-refractivity contribution is 0.103. The molecule has 6 heteroatoms. The lowest BCUT2D eigenvalue weighted by atomic mass is 9.90. The molecule has 0 amide bonds. The van der Waals surface area contributed by atoms with Crippen LogP contribution in [0.2, 0.25) is 0 Å². The highest BCUT2D eigenvalue weighted by Crippen LogP contribution is 2.31. The van der Waals surface area contributed by atoms with Crippen LogP contribution >= 0.6 is 0 Å². The molecule has 3 heterocycles. The molecule has 0 bridgehead atoms. The number of hydrogen-bond acceptors (Lipinski definition) is 3. The minimum atomic E-state index is -0.165. The van der Waals surface area contributed by atoms with Crippen molar-refractivity contribution in [2.75, 3.05) is 13.6 Å². The predicted molar refractivity (Wildman–Crippen MR) is 82.8 cm³/mol. The Bertz CT molecular complexity index is 785. The number of nitrogens with zero attached hydrogens (tertiary/aromatic N) is 2. The van der Waals surface area contributed by atoms with Gasteiger partial charge in [0.25, 0.3) is 5.56 Å². The first-order valence-corrected chi connectivity index (χ1v) is 7.43. The zero-order valence-corrected chi connectivity index (χ0v) is 12.9. The van der Waals surface area contributed by atoms with Gasteiger partial charge in [-0.15, -0.1) is 0 Å². The molecule has 0 radical (unpaired) electrons. The molecule has 2 aromatic heterocycles. The van der Waals surface area contributed by atoms with E-state index in [1.807, 2.05) is 4.68 Å². The average molecular weight is 290 g/mol. The Morgan fingerprint density at radius 2 is 2.00 bits per heavy atom. The second-order valence-electron chi connectivity index (χ2n) is 6.42. The number of pyridine rings is 1. The number of aryl methyl sites for hydroxylation is 1. The van der Waals surface area contributed by atoms with Gasteiger partial charge < -0.3 is 9.88 Å². The van der Waals surface area contributed by atoms with E-state index in [-0.39, 0.29) is 17.2 Å². The van der Waals surface area contributed by atoms with E-state index < -0.39 is 0 Å². The summed E-state index contributed by atoms with van der Waals surface area (Å²) in [5.74, 6) is 0.404. The quantitative estimate of drug-likeness (QED) is 0.829. The molecule has 1 aliphatic rings. The molecular formula is C15H22N4O2. The van der Waals surface area contributed by atoms with Gasteiger partial charge >= 0.3 is 0 Å². The summed E-state index contributed by atoms with van der Waals surface area (Å²) >= 11 is 0. The molecule has 0 spiro atoms. The van der Waals surface area contributed by atoms with Gasteiger partial charge in [-0.25, -0.2) is 0 Å². The fraction of sp³-hybridized carbons (Fsp3) is 0.600. The Morgan fingerprint density at radius 1 is 1.29 bits per heavy atom. The highest BCUT2D eigenvalue weighted by Gasteiger charge is 2.31. The van der Waals surface area contributed by atoms with E-state index in [0.29, 0.717) is 23.0 Å². The third kappa shape index (κ3) is 2.23. The molecule has 1 fully saturated rings. The number of H-pyrrole nitrogens is 2. The second-order valence-corrected chi connectivity index (χ2v) is 6.42. The zero-order valence-electron chi connectivity index (χ0n) is 12.9. The van der Waals surface area contributed by atoms with Gasteiger partial charge in [-0.05, 0) is 38.8 Å². The number of nitrogens with one attached hydrogen (secondary N) is 2. The van der Waals surface area contributed by atoms with Gasteiger partial charge in [0.15, 0.2) is 0 Å². The van der Waals surface area contributed by atoms with E-state index in [0.717, 1.165) is 18.5 Å². The molecule has 1 saturated heterocycles. The summed E-state index contributed by atoms with van der Waals surface area (Å²) in [4.78, 5) is 29.1. The minimum Gasteiger partial charge on any atom is -0.307 e. The van der Waals surface area contributed by atoms with Gasteiger partial charge in [0.2, 0.25) is 5.56 Å². The number of hydrogen-bond donors (Lipinski definition) is 2. The standard InChI is InChI=1S/C15H22N4O2/c1-8-5-12(20)16-14-13(8)15(21)17-19(14)11-6-10(3)18(4)7-9(11)2/h5,9-11H,6-7H2,1-4H3,(H,16,20)(H,17,21)/t9-,10+,11-/m1/s1. The molecule has 3 atom stereocenters. The van der Waals surface area contributed by atoms with E-state index >= 15 is 0 Å². The largest absolute Gasteiger partial charge is 0.307 e. The molecule has 0 unspecified atom stereocenters. The first kappa shape index (κ1) is 14.1. The Morgan fingerprint density at radius 3 is 2.71 bits per heavy atom. The summed E-state index contributed by atoms with van der Waals surface area (Å²) in [7, 11) is 2.12.